The molecule has 1 heterocycles. The van der Waals surface area contributed by atoms with Crippen molar-refractivity contribution in [3.63, 3.8) is 0 Å². The minimum Gasteiger partial charge on any atom is -0.465 e. The van der Waals surface area contributed by atoms with E-state index in [0.29, 0.717) is 6.61 Å². The molecule has 2 unspecified atom stereocenters. The van der Waals surface area contributed by atoms with Crippen molar-refractivity contribution in [1.29, 1.82) is 0 Å². The summed E-state index contributed by atoms with van der Waals surface area (Å²) >= 11 is 2.24. The molecule has 0 radical (unpaired) electrons. The Morgan fingerprint density at radius 2 is 2.56 bits per heavy atom. The van der Waals surface area contributed by atoms with Crippen molar-refractivity contribution in [3.8, 4) is 0 Å². The molecule has 1 aromatic heterocycles. The first-order chi connectivity index (χ1) is 8.61. The summed E-state index contributed by atoms with van der Waals surface area (Å²) in [7, 11) is 1.83. The Labute approximate surface area is 120 Å². The summed E-state index contributed by atoms with van der Waals surface area (Å²) in [6.07, 6.45) is 6.33. The Balaban J connectivity index is 2.11. The van der Waals surface area contributed by atoms with Crippen LogP contribution in [0.5, 0.6) is 0 Å². The number of rotatable bonds is 4. The lowest BCUT2D eigenvalue weighted by Gasteiger charge is -2.26. The maximum absolute atomic E-state index is 12.1. The second-order valence-corrected chi connectivity index (χ2v) is 5.83. The summed E-state index contributed by atoms with van der Waals surface area (Å²) in [4.78, 5) is 12.1. The molecular weight excluding hydrogens is 345 g/mol. The van der Waals surface area contributed by atoms with Crippen molar-refractivity contribution in [2.45, 2.75) is 37.8 Å². The highest BCUT2D eigenvalue weighted by Gasteiger charge is 2.46. The molecular formula is C12H18IN3O2. The van der Waals surface area contributed by atoms with Crippen LogP contribution in [-0.4, -0.2) is 34.9 Å². The second-order valence-electron chi connectivity index (χ2n) is 4.59. The van der Waals surface area contributed by atoms with Crippen LogP contribution in [0.4, 0.5) is 0 Å². The normalized spacial score (nSPS) is 27.4. The number of hydrogen-bond acceptors (Lipinski definition) is 4. The van der Waals surface area contributed by atoms with E-state index in [1.165, 1.54) is 0 Å². The molecule has 0 bridgehead atoms. The molecule has 1 saturated carbocycles. The third kappa shape index (κ3) is 2.54. The zero-order valence-electron chi connectivity index (χ0n) is 10.6. The van der Waals surface area contributed by atoms with Crippen LogP contribution in [0.15, 0.2) is 12.4 Å². The topological polar surface area (TPSA) is 56.1 Å². The minimum absolute atomic E-state index is 0.142. The number of carbonyl (C=O) groups is 1. The molecule has 1 aliphatic rings. The third-order valence-electron chi connectivity index (χ3n) is 3.58. The number of nitrogens with zero attached hydrogens (tertiary/aromatic N) is 2. The van der Waals surface area contributed by atoms with Gasteiger partial charge < -0.3 is 10.1 Å². The molecule has 0 spiro atoms. The molecule has 1 fully saturated rings. The van der Waals surface area contributed by atoms with E-state index < -0.39 is 5.54 Å². The first kappa shape index (κ1) is 13.8. The number of nitrogens with one attached hydrogen (secondary N) is 1. The van der Waals surface area contributed by atoms with Gasteiger partial charge in [0.1, 0.15) is 5.54 Å². The quantitative estimate of drug-likeness (QED) is 0.654. The fourth-order valence-electron chi connectivity index (χ4n) is 2.54. The van der Waals surface area contributed by atoms with Crippen molar-refractivity contribution >= 4 is 28.6 Å². The third-order valence-corrected chi connectivity index (χ3v) is 4.13. The van der Waals surface area contributed by atoms with Gasteiger partial charge in [0.25, 0.3) is 0 Å². The van der Waals surface area contributed by atoms with E-state index in [4.69, 9.17) is 4.74 Å². The van der Waals surface area contributed by atoms with Crippen molar-refractivity contribution in [2.24, 2.45) is 0 Å². The number of esters is 1. The minimum atomic E-state index is -0.544. The van der Waals surface area contributed by atoms with Gasteiger partial charge >= 0.3 is 5.97 Å². The maximum atomic E-state index is 12.1. The average molecular weight is 363 g/mol. The Hall–Kier alpha value is -0.630. The first-order valence-corrected chi connectivity index (χ1v) is 7.25. The van der Waals surface area contributed by atoms with E-state index in [2.05, 4.69) is 33.0 Å². The van der Waals surface area contributed by atoms with E-state index in [1.807, 2.05) is 31.0 Å². The molecule has 18 heavy (non-hydrogen) atoms. The highest BCUT2D eigenvalue weighted by atomic mass is 127. The molecule has 5 nitrogen and oxygen atoms in total. The predicted octanol–water partition coefficient (Wildman–Crippen LogP) is 1.73. The van der Waals surface area contributed by atoms with Crippen LogP contribution in [0.1, 0.15) is 32.2 Å². The predicted molar refractivity (Wildman–Crippen MR) is 76.3 cm³/mol. The Bertz CT molecular complexity index is 435. The van der Waals surface area contributed by atoms with Gasteiger partial charge in [-0.25, -0.2) is 0 Å². The molecule has 1 aliphatic carbocycles. The lowest BCUT2D eigenvalue weighted by Crippen LogP contribution is -2.49. The molecule has 0 amide bonds. The number of likely N-dealkylation sites (N-methyl/N-ethyl adjacent to an activating group) is 1. The molecule has 6 heteroatoms. The molecule has 2 rings (SSSR count). The number of ether oxygens (including phenoxy) is 1. The van der Waals surface area contributed by atoms with Crippen molar-refractivity contribution in [2.75, 3.05) is 13.7 Å². The highest BCUT2D eigenvalue weighted by molar-refractivity contribution is 14.1. The average Bonchev–Trinajstić information content (AvgIpc) is 2.96. The fourth-order valence-corrected chi connectivity index (χ4v) is 2.95. The van der Waals surface area contributed by atoms with Crippen LogP contribution in [0, 0.1) is 3.57 Å². The van der Waals surface area contributed by atoms with E-state index in [9.17, 15) is 4.79 Å². The Morgan fingerprint density at radius 1 is 1.78 bits per heavy atom. The van der Waals surface area contributed by atoms with E-state index in [1.54, 1.807) is 0 Å². The molecule has 1 aromatic rings. The van der Waals surface area contributed by atoms with Crippen molar-refractivity contribution in [1.82, 2.24) is 15.1 Å². The van der Waals surface area contributed by atoms with Crippen LogP contribution >= 0.6 is 22.6 Å². The molecule has 1 N–H and O–H groups in total. The standard InChI is InChI=1S/C12H18IN3O2/c1-3-18-11(17)12(14-2)5-4-10(6-12)16-8-9(13)7-15-16/h7-8,10,14H,3-6H2,1-2H3. The lowest BCUT2D eigenvalue weighted by atomic mass is 9.98. The first-order valence-electron chi connectivity index (χ1n) is 6.17. The summed E-state index contributed by atoms with van der Waals surface area (Å²) in [5.41, 5.74) is -0.544. The molecule has 0 aliphatic heterocycles. The van der Waals surface area contributed by atoms with Gasteiger partial charge in [0.05, 0.1) is 22.4 Å². The summed E-state index contributed by atoms with van der Waals surface area (Å²) in [6.45, 7) is 2.26. The summed E-state index contributed by atoms with van der Waals surface area (Å²) in [6, 6.07) is 0.269. The number of carbonyl (C=O) groups excluding carboxylic acids is 1. The molecule has 2 atom stereocenters. The number of halogens is 1. The Morgan fingerprint density at radius 3 is 3.11 bits per heavy atom. The zero-order valence-corrected chi connectivity index (χ0v) is 12.8. The van der Waals surface area contributed by atoms with E-state index in [0.717, 1.165) is 22.8 Å². The van der Waals surface area contributed by atoms with Crippen molar-refractivity contribution in [3.05, 3.63) is 16.0 Å². The van der Waals surface area contributed by atoms with Crippen LogP contribution < -0.4 is 5.32 Å². The van der Waals surface area contributed by atoms with E-state index in [-0.39, 0.29) is 12.0 Å². The summed E-state index contributed by atoms with van der Waals surface area (Å²) < 4.78 is 8.25. The van der Waals surface area contributed by atoms with Crippen molar-refractivity contribution < 1.29 is 9.53 Å². The monoisotopic (exact) mass is 363 g/mol. The van der Waals surface area contributed by atoms with Crippen LogP contribution in [0.3, 0.4) is 0 Å². The summed E-state index contributed by atoms with van der Waals surface area (Å²) in [5.74, 6) is -0.142. The maximum Gasteiger partial charge on any atom is 0.326 e. The van der Waals surface area contributed by atoms with Crippen LogP contribution in [0.25, 0.3) is 0 Å². The Kier molecular flexibility index (Phi) is 4.26. The zero-order chi connectivity index (χ0) is 13.2. The number of hydrogen-bond donors (Lipinski definition) is 1. The van der Waals surface area contributed by atoms with Gasteiger partial charge in [-0.05, 0) is 55.8 Å². The highest BCUT2D eigenvalue weighted by Crippen LogP contribution is 2.38. The van der Waals surface area contributed by atoms with Gasteiger partial charge in [-0.3, -0.25) is 9.48 Å². The van der Waals surface area contributed by atoms with Gasteiger partial charge in [0.2, 0.25) is 0 Å². The number of aromatic nitrogens is 2. The smallest absolute Gasteiger partial charge is 0.326 e. The SMILES string of the molecule is CCOC(=O)C1(NC)CCC(n2cc(I)cn2)C1. The molecule has 0 saturated heterocycles. The van der Waals surface area contributed by atoms with E-state index >= 15 is 0 Å². The van der Waals surface area contributed by atoms with Gasteiger partial charge in [0.15, 0.2) is 0 Å². The second kappa shape index (κ2) is 5.56. The van der Waals surface area contributed by atoms with Gasteiger partial charge in [0, 0.05) is 6.20 Å². The van der Waals surface area contributed by atoms with Gasteiger partial charge in [-0.1, -0.05) is 0 Å². The van der Waals surface area contributed by atoms with Gasteiger partial charge in [-0.15, -0.1) is 0 Å². The summed E-state index contributed by atoms with van der Waals surface area (Å²) in [5, 5.41) is 7.48. The van der Waals surface area contributed by atoms with Crippen LogP contribution in [-0.2, 0) is 9.53 Å². The largest absolute Gasteiger partial charge is 0.465 e. The fraction of sp³-hybridized carbons (Fsp3) is 0.667. The molecule has 0 aromatic carbocycles. The van der Waals surface area contributed by atoms with Crippen LogP contribution in [0.2, 0.25) is 0 Å². The van der Waals surface area contributed by atoms with Gasteiger partial charge in [-0.2, -0.15) is 5.10 Å². The molecule has 100 valence electrons. The lowest BCUT2D eigenvalue weighted by molar-refractivity contribution is -0.150.